The Morgan fingerprint density at radius 2 is 1.07 bits per heavy atom. The van der Waals surface area contributed by atoms with Crippen LogP contribution < -0.4 is 0 Å². The predicted molar refractivity (Wildman–Crippen MR) is 227 cm³/mol. The second-order valence-electron chi connectivity index (χ2n) is 14.1. The molecule has 0 aromatic carbocycles. The highest BCUT2D eigenvalue weighted by Crippen LogP contribution is 2.43. The summed E-state index contributed by atoms with van der Waals surface area (Å²) in [6, 6.07) is 0. The number of hydrogen-bond donors (Lipinski definition) is 5. The molecule has 16 heteroatoms. The van der Waals surface area contributed by atoms with Gasteiger partial charge in [0.15, 0.2) is 6.10 Å². The smallest absolute Gasteiger partial charge is 0.462 e. The van der Waals surface area contributed by atoms with Crippen LogP contribution in [0.2, 0.25) is 0 Å². The van der Waals surface area contributed by atoms with Gasteiger partial charge in [-0.2, -0.15) is 0 Å². The first-order valence-corrected chi connectivity index (χ1v) is 24.1. The van der Waals surface area contributed by atoms with Crippen molar-refractivity contribution >= 4 is 27.6 Å². The van der Waals surface area contributed by atoms with Gasteiger partial charge in [0, 0.05) is 12.8 Å². The molecule has 0 aliphatic heterocycles. The van der Waals surface area contributed by atoms with Crippen LogP contribution in [0.4, 0.5) is 0 Å². The van der Waals surface area contributed by atoms with E-state index in [9.17, 15) is 33.8 Å². The van der Waals surface area contributed by atoms with Gasteiger partial charge < -0.3 is 34.4 Å². The Morgan fingerprint density at radius 1 is 0.569 bits per heavy atom. The minimum Gasteiger partial charge on any atom is -0.462 e. The fraction of sp³-hybridized carbons (Fsp3) is 0.714. The van der Waals surface area contributed by atoms with Gasteiger partial charge in [0.1, 0.15) is 12.7 Å². The molecule has 58 heavy (non-hydrogen) atoms. The molecular weight excluding hydrogens is 790 g/mol. The van der Waals surface area contributed by atoms with Crippen molar-refractivity contribution in [3.63, 3.8) is 0 Å². The number of rotatable bonds is 39. The quantitative estimate of drug-likeness (QED) is 0.0128. The molecule has 0 radical (unpaired) electrons. The lowest BCUT2D eigenvalue weighted by Crippen LogP contribution is -2.30. The Morgan fingerprint density at radius 3 is 1.64 bits per heavy atom. The van der Waals surface area contributed by atoms with Crippen molar-refractivity contribution in [3.05, 3.63) is 60.8 Å². The van der Waals surface area contributed by atoms with Crippen LogP contribution in [0, 0.1) is 0 Å². The second kappa shape index (κ2) is 37.8. The molecule has 0 spiro atoms. The van der Waals surface area contributed by atoms with Crippen molar-refractivity contribution in [2.45, 2.75) is 167 Å². The van der Waals surface area contributed by atoms with E-state index in [1.165, 1.54) is 57.8 Å². The molecule has 0 saturated heterocycles. The van der Waals surface area contributed by atoms with Gasteiger partial charge in [-0.1, -0.05) is 152 Å². The van der Waals surface area contributed by atoms with Crippen molar-refractivity contribution in [3.8, 4) is 0 Å². The zero-order valence-electron chi connectivity index (χ0n) is 35.0. The molecule has 0 amide bonds. The van der Waals surface area contributed by atoms with Gasteiger partial charge >= 0.3 is 27.6 Å². The molecular formula is C42H74O14P2. The Hall–Kier alpha value is -2.22. The highest BCUT2D eigenvalue weighted by atomic mass is 31.2. The van der Waals surface area contributed by atoms with E-state index < -0.39 is 72.3 Å². The standard InChI is InChI=1S/C42H74O14P2/c1-3-5-6-7-8-9-10-13-18-21-24-27-30-33-42(46)56-40(37-55-58(50,51)54-35-39(44)34-53-57(47,48)49)36-52-41(45)32-29-26-23-20-17-15-12-11-14-16-19-22-25-28-31-38(43)4-2/h12,14-16,20,22-23,25,28,31,38-40,43-44H,3-11,13,17-19,21,24,26-27,29-30,32-37H2,1-2H3,(H,50,51)(H2,47,48,49)/b15-12-,16-14-,23-20-,25-22-,31-28+/t38-,39-,40+/m0/s1. The average molecular weight is 865 g/mol. The summed E-state index contributed by atoms with van der Waals surface area (Å²) in [6.45, 7) is 1.35. The third-order valence-corrected chi connectivity index (χ3v) is 10.0. The molecule has 0 aromatic rings. The van der Waals surface area contributed by atoms with Crippen molar-refractivity contribution in [1.29, 1.82) is 0 Å². The second-order valence-corrected chi connectivity index (χ2v) is 16.8. The van der Waals surface area contributed by atoms with E-state index in [2.05, 4.69) is 40.3 Å². The van der Waals surface area contributed by atoms with E-state index in [4.69, 9.17) is 23.8 Å². The number of carbonyl (C=O) groups excluding carboxylic acids is 2. The molecule has 0 saturated carbocycles. The molecule has 4 atom stereocenters. The number of esters is 2. The lowest BCUT2D eigenvalue weighted by atomic mass is 10.0. The van der Waals surface area contributed by atoms with Crippen LogP contribution >= 0.6 is 15.6 Å². The minimum absolute atomic E-state index is 0.102. The lowest BCUT2D eigenvalue weighted by molar-refractivity contribution is -0.161. The maximum atomic E-state index is 12.6. The van der Waals surface area contributed by atoms with Crippen molar-refractivity contribution in [2.24, 2.45) is 0 Å². The fourth-order valence-electron chi connectivity index (χ4n) is 5.22. The topological polar surface area (TPSA) is 216 Å². The molecule has 0 fully saturated rings. The van der Waals surface area contributed by atoms with E-state index >= 15 is 0 Å². The van der Waals surface area contributed by atoms with Crippen molar-refractivity contribution in [1.82, 2.24) is 0 Å². The summed E-state index contributed by atoms with van der Waals surface area (Å²) < 4.78 is 47.6. The van der Waals surface area contributed by atoms with Crippen LogP contribution in [0.15, 0.2) is 60.8 Å². The number of aliphatic hydroxyl groups is 2. The Balaban J connectivity index is 4.64. The number of phosphoric acid groups is 2. The first-order chi connectivity index (χ1) is 27.8. The molecule has 0 aliphatic rings. The zero-order valence-corrected chi connectivity index (χ0v) is 36.8. The first-order valence-electron chi connectivity index (χ1n) is 21.1. The van der Waals surface area contributed by atoms with E-state index in [0.717, 1.165) is 38.5 Å². The van der Waals surface area contributed by atoms with Crippen molar-refractivity contribution in [2.75, 3.05) is 26.4 Å². The highest BCUT2D eigenvalue weighted by molar-refractivity contribution is 7.47. The number of carbonyl (C=O) groups is 2. The number of hydrogen-bond acceptors (Lipinski definition) is 11. The van der Waals surface area contributed by atoms with Gasteiger partial charge in [-0.3, -0.25) is 23.2 Å². The molecule has 336 valence electrons. The average Bonchev–Trinajstić information content (AvgIpc) is 3.18. The van der Waals surface area contributed by atoms with Gasteiger partial charge in [-0.25, -0.2) is 9.13 Å². The predicted octanol–water partition coefficient (Wildman–Crippen LogP) is 9.42. The summed E-state index contributed by atoms with van der Waals surface area (Å²) in [5, 5.41) is 19.2. The number of allylic oxidation sites excluding steroid dienone is 9. The van der Waals surface area contributed by atoms with Crippen LogP contribution in [0.25, 0.3) is 0 Å². The fourth-order valence-corrected chi connectivity index (χ4v) is 6.37. The summed E-state index contributed by atoms with van der Waals surface area (Å²) in [6.07, 6.45) is 36.0. The van der Waals surface area contributed by atoms with E-state index in [1.54, 1.807) is 6.08 Å². The van der Waals surface area contributed by atoms with Crippen LogP contribution in [0.3, 0.4) is 0 Å². The third kappa shape index (κ3) is 40.6. The molecule has 0 aromatic heterocycles. The van der Waals surface area contributed by atoms with Crippen LogP contribution in [-0.2, 0) is 41.8 Å². The Kier molecular flexibility index (Phi) is 36.3. The molecule has 5 N–H and O–H groups in total. The van der Waals surface area contributed by atoms with Crippen molar-refractivity contribution < 1.29 is 66.7 Å². The van der Waals surface area contributed by atoms with Crippen LogP contribution in [-0.4, -0.2) is 81.6 Å². The van der Waals surface area contributed by atoms with E-state index in [1.807, 2.05) is 37.3 Å². The molecule has 14 nitrogen and oxygen atoms in total. The molecule has 0 aliphatic carbocycles. The Labute approximate surface area is 347 Å². The molecule has 0 heterocycles. The van der Waals surface area contributed by atoms with Gasteiger partial charge in [-0.15, -0.1) is 0 Å². The lowest BCUT2D eigenvalue weighted by Gasteiger charge is -2.20. The largest absolute Gasteiger partial charge is 0.472 e. The molecule has 0 bridgehead atoms. The van der Waals surface area contributed by atoms with Crippen LogP contribution in [0.1, 0.15) is 149 Å². The summed E-state index contributed by atoms with van der Waals surface area (Å²) in [5.74, 6) is -1.12. The van der Waals surface area contributed by atoms with Crippen LogP contribution in [0.5, 0.6) is 0 Å². The summed E-state index contributed by atoms with van der Waals surface area (Å²) in [4.78, 5) is 52.6. The Bertz CT molecular complexity index is 1280. The van der Waals surface area contributed by atoms with Gasteiger partial charge in [-0.05, 0) is 44.9 Å². The van der Waals surface area contributed by atoms with Gasteiger partial charge in [0.2, 0.25) is 0 Å². The van der Waals surface area contributed by atoms with E-state index in [-0.39, 0.29) is 12.8 Å². The highest BCUT2D eigenvalue weighted by Gasteiger charge is 2.28. The minimum atomic E-state index is -4.87. The summed E-state index contributed by atoms with van der Waals surface area (Å²) in [5.41, 5.74) is 0. The monoisotopic (exact) mass is 864 g/mol. The SMILES string of the molecule is CCCCCCCCCCCCCCCC(=O)O[C@H](COC(=O)CCC/C=C\C/C=C\C/C=C\C/C=C\C=C\[C@@H](O)CC)COP(=O)(O)OC[C@@H](O)COP(=O)(O)O. The summed E-state index contributed by atoms with van der Waals surface area (Å²) in [7, 11) is -9.70. The van der Waals surface area contributed by atoms with E-state index in [0.29, 0.717) is 25.7 Å². The van der Waals surface area contributed by atoms with Gasteiger partial charge in [0.05, 0.1) is 25.9 Å². The molecule has 0 rings (SSSR count). The van der Waals surface area contributed by atoms with Gasteiger partial charge in [0.25, 0.3) is 0 Å². The number of aliphatic hydroxyl groups excluding tert-OH is 2. The molecule has 1 unspecified atom stereocenters. The maximum absolute atomic E-state index is 12.6. The number of ether oxygens (including phenoxy) is 2. The summed E-state index contributed by atoms with van der Waals surface area (Å²) >= 11 is 0. The first kappa shape index (κ1) is 55.8. The third-order valence-electron chi connectivity index (χ3n) is 8.57. The normalized spacial score (nSPS) is 15.2. The number of unbranched alkanes of at least 4 members (excludes halogenated alkanes) is 13. The number of phosphoric ester groups is 2. The zero-order chi connectivity index (χ0) is 43.2. The maximum Gasteiger partial charge on any atom is 0.472 e.